The van der Waals surface area contributed by atoms with Crippen LogP contribution < -0.4 is 5.32 Å². The number of amides is 1. The first kappa shape index (κ1) is 10.5. The summed E-state index contributed by atoms with van der Waals surface area (Å²) in [5.41, 5.74) is 0.794. The minimum Gasteiger partial charge on any atom is -0.319 e. The van der Waals surface area contributed by atoms with Crippen LogP contribution in [-0.4, -0.2) is 17.3 Å². The summed E-state index contributed by atoms with van der Waals surface area (Å²) in [6.07, 6.45) is -1.49. The molecular weight excluding hydrogens is 214 g/mol. The number of hydrogen-bond acceptors (Lipinski definition) is 2. The highest BCUT2D eigenvalue weighted by Crippen LogP contribution is 2.20. The minimum absolute atomic E-state index is 0.295. The van der Waals surface area contributed by atoms with Gasteiger partial charge in [-0.15, -0.1) is 0 Å². The topological polar surface area (TPSA) is 42.0 Å². The van der Waals surface area contributed by atoms with Crippen molar-refractivity contribution in [3.63, 3.8) is 0 Å². The highest BCUT2D eigenvalue weighted by Gasteiger charge is 2.16. The Kier molecular flexibility index (Phi) is 2.76. The van der Waals surface area contributed by atoms with Crippen molar-refractivity contribution in [1.29, 1.82) is 0 Å². The van der Waals surface area contributed by atoms with E-state index in [9.17, 15) is 13.6 Å². The van der Waals surface area contributed by atoms with E-state index in [1.54, 1.807) is 30.5 Å². The second-order valence-corrected chi connectivity index (χ2v) is 3.17. The minimum atomic E-state index is -3.03. The second-order valence-electron chi connectivity index (χ2n) is 3.17. The van der Waals surface area contributed by atoms with E-state index in [0.717, 1.165) is 5.39 Å². The lowest BCUT2D eigenvalue weighted by atomic mass is 10.2. The van der Waals surface area contributed by atoms with E-state index in [4.69, 9.17) is 0 Å². The van der Waals surface area contributed by atoms with Crippen LogP contribution in [0.25, 0.3) is 10.9 Å². The molecule has 1 heterocycles. The van der Waals surface area contributed by atoms with E-state index in [0.29, 0.717) is 11.2 Å². The van der Waals surface area contributed by atoms with Crippen LogP contribution in [0.15, 0.2) is 36.5 Å². The third kappa shape index (κ3) is 1.98. The fourth-order valence-electron chi connectivity index (χ4n) is 1.39. The molecule has 2 aromatic rings. The molecule has 0 saturated heterocycles. The van der Waals surface area contributed by atoms with Gasteiger partial charge in [0, 0.05) is 11.6 Å². The summed E-state index contributed by atoms with van der Waals surface area (Å²) in [7, 11) is 0. The van der Waals surface area contributed by atoms with Crippen molar-refractivity contribution < 1.29 is 13.6 Å². The van der Waals surface area contributed by atoms with Crippen molar-refractivity contribution >= 4 is 22.5 Å². The maximum absolute atomic E-state index is 12.1. The van der Waals surface area contributed by atoms with E-state index < -0.39 is 12.3 Å². The zero-order valence-electron chi connectivity index (χ0n) is 8.15. The summed E-state index contributed by atoms with van der Waals surface area (Å²) in [5.74, 6) is -1.32. The van der Waals surface area contributed by atoms with Crippen molar-refractivity contribution in [2.24, 2.45) is 0 Å². The largest absolute Gasteiger partial charge is 0.319 e. The number of anilines is 1. The molecule has 0 radical (unpaired) electrons. The van der Waals surface area contributed by atoms with Gasteiger partial charge in [-0.1, -0.05) is 18.2 Å². The van der Waals surface area contributed by atoms with Crippen molar-refractivity contribution in [2.45, 2.75) is 6.43 Å². The number of aromatic nitrogens is 1. The monoisotopic (exact) mass is 222 g/mol. The number of hydrogen-bond donors (Lipinski definition) is 1. The van der Waals surface area contributed by atoms with E-state index in [1.165, 1.54) is 6.07 Å². The van der Waals surface area contributed by atoms with Crippen molar-refractivity contribution in [3.05, 3.63) is 36.5 Å². The van der Waals surface area contributed by atoms with Crippen LogP contribution in [0.4, 0.5) is 14.5 Å². The second kappa shape index (κ2) is 4.22. The van der Waals surface area contributed by atoms with E-state index in [-0.39, 0.29) is 0 Å². The van der Waals surface area contributed by atoms with Crippen molar-refractivity contribution in [2.75, 3.05) is 5.32 Å². The molecule has 2 rings (SSSR count). The SMILES string of the molecule is O=C(Nc1cccc2cccnc12)C(F)F. The average Bonchev–Trinajstić information content (AvgIpc) is 2.29. The molecule has 0 aliphatic heterocycles. The molecule has 0 unspecified atom stereocenters. The van der Waals surface area contributed by atoms with E-state index in [1.807, 2.05) is 0 Å². The first-order chi connectivity index (χ1) is 7.68. The Hall–Kier alpha value is -2.04. The van der Waals surface area contributed by atoms with Gasteiger partial charge in [-0.2, -0.15) is 8.78 Å². The molecule has 0 spiro atoms. The molecular formula is C11H8F2N2O. The van der Waals surface area contributed by atoms with Gasteiger partial charge >= 0.3 is 6.43 Å². The van der Waals surface area contributed by atoms with Crippen LogP contribution in [0.1, 0.15) is 0 Å². The molecule has 0 saturated carbocycles. The Morgan fingerprint density at radius 2 is 2.00 bits per heavy atom. The zero-order chi connectivity index (χ0) is 11.5. The van der Waals surface area contributed by atoms with Gasteiger partial charge in [0.25, 0.3) is 5.91 Å². The fraction of sp³-hybridized carbons (Fsp3) is 0.0909. The summed E-state index contributed by atoms with van der Waals surface area (Å²) >= 11 is 0. The first-order valence-electron chi connectivity index (χ1n) is 4.61. The van der Waals surface area contributed by atoms with Crippen LogP contribution in [0.5, 0.6) is 0 Å². The van der Waals surface area contributed by atoms with Gasteiger partial charge in [0.1, 0.15) is 0 Å². The average molecular weight is 222 g/mol. The molecule has 0 aliphatic rings. The number of para-hydroxylation sites is 1. The molecule has 82 valence electrons. The van der Waals surface area contributed by atoms with Gasteiger partial charge in [0.15, 0.2) is 0 Å². The molecule has 0 bridgehead atoms. The van der Waals surface area contributed by atoms with Crippen LogP contribution in [0.3, 0.4) is 0 Å². The smallest absolute Gasteiger partial charge is 0.315 e. The number of pyridine rings is 1. The number of fused-ring (bicyclic) bond motifs is 1. The third-order valence-electron chi connectivity index (χ3n) is 2.09. The molecule has 1 amide bonds. The Bertz CT molecular complexity index is 523. The molecule has 0 fully saturated rings. The molecule has 1 aromatic heterocycles. The summed E-state index contributed by atoms with van der Waals surface area (Å²) in [6.45, 7) is 0. The number of carbonyl (C=O) groups is 1. The summed E-state index contributed by atoms with van der Waals surface area (Å²) in [4.78, 5) is 14.9. The van der Waals surface area contributed by atoms with Crippen LogP contribution >= 0.6 is 0 Å². The highest BCUT2D eigenvalue weighted by atomic mass is 19.3. The van der Waals surface area contributed by atoms with Gasteiger partial charge in [0.2, 0.25) is 0 Å². The van der Waals surface area contributed by atoms with Gasteiger partial charge in [-0.25, -0.2) is 0 Å². The van der Waals surface area contributed by atoms with Crippen LogP contribution in [-0.2, 0) is 4.79 Å². The lowest BCUT2D eigenvalue weighted by molar-refractivity contribution is -0.126. The summed E-state index contributed by atoms with van der Waals surface area (Å²) < 4.78 is 24.2. The normalized spacial score (nSPS) is 10.7. The lowest BCUT2D eigenvalue weighted by Crippen LogP contribution is -2.20. The Morgan fingerprint density at radius 1 is 1.25 bits per heavy atom. The number of halogens is 2. The predicted octanol–water partition coefficient (Wildman–Crippen LogP) is 2.44. The quantitative estimate of drug-likeness (QED) is 0.847. The maximum Gasteiger partial charge on any atom is 0.315 e. The third-order valence-corrected chi connectivity index (χ3v) is 2.09. The molecule has 0 atom stereocenters. The molecule has 0 aliphatic carbocycles. The maximum atomic E-state index is 12.1. The molecule has 1 aromatic carbocycles. The van der Waals surface area contributed by atoms with Gasteiger partial charge in [-0.3, -0.25) is 9.78 Å². The Morgan fingerprint density at radius 3 is 2.75 bits per heavy atom. The number of carbonyl (C=O) groups excluding carboxylic acids is 1. The summed E-state index contributed by atoms with van der Waals surface area (Å²) in [5, 5.41) is 2.92. The summed E-state index contributed by atoms with van der Waals surface area (Å²) in [6, 6.07) is 8.53. The number of nitrogens with zero attached hydrogens (tertiary/aromatic N) is 1. The van der Waals surface area contributed by atoms with Crippen molar-refractivity contribution in [3.8, 4) is 0 Å². The standard InChI is InChI=1S/C11H8F2N2O/c12-10(13)11(16)15-8-5-1-3-7-4-2-6-14-9(7)8/h1-6,10H,(H,15,16). The Labute approximate surface area is 90.1 Å². The van der Waals surface area contributed by atoms with Gasteiger partial charge in [0.05, 0.1) is 11.2 Å². The van der Waals surface area contributed by atoms with Gasteiger partial charge in [-0.05, 0) is 12.1 Å². The molecule has 3 nitrogen and oxygen atoms in total. The molecule has 5 heteroatoms. The molecule has 1 N–H and O–H groups in total. The highest BCUT2D eigenvalue weighted by molar-refractivity contribution is 6.01. The van der Waals surface area contributed by atoms with E-state index >= 15 is 0 Å². The predicted molar refractivity (Wildman–Crippen MR) is 56.4 cm³/mol. The van der Waals surface area contributed by atoms with E-state index in [2.05, 4.69) is 10.3 Å². The van der Waals surface area contributed by atoms with Crippen LogP contribution in [0.2, 0.25) is 0 Å². The number of rotatable bonds is 2. The first-order valence-corrected chi connectivity index (χ1v) is 4.61. The van der Waals surface area contributed by atoms with Crippen LogP contribution in [0, 0.1) is 0 Å². The van der Waals surface area contributed by atoms with Gasteiger partial charge < -0.3 is 5.32 Å². The fourth-order valence-corrected chi connectivity index (χ4v) is 1.39. The zero-order valence-corrected chi connectivity index (χ0v) is 8.15. The number of benzene rings is 1. The lowest BCUT2D eigenvalue weighted by Gasteiger charge is -2.06. The molecule has 16 heavy (non-hydrogen) atoms. The van der Waals surface area contributed by atoms with Crippen molar-refractivity contribution in [1.82, 2.24) is 4.98 Å². The Balaban J connectivity index is 2.41. The number of nitrogens with one attached hydrogen (secondary N) is 1. The number of alkyl halides is 2.